The molecule has 1 aromatic heterocycles. The largest absolute Gasteiger partial charge is 0.339 e. The molecule has 7 heteroatoms. The number of rotatable bonds is 6. The molecule has 1 aliphatic heterocycles. The van der Waals surface area contributed by atoms with Crippen LogP contribution in [0, 0.1) is 0 Å². The van der Waals surface area contributed by atoms with Gasteiger partial charge in [-0.05, 0) is 52.8 Å². The van der Waals surface area contributed by atoms with Crippen molar-refractivity contribution in [2.45, 2.75) is 19.0 Å². The topological polar surface area (TPSA) is 49.6 Å². The lowest BCUT2D eigenvalue weighted by Gasteiger charge is -2.36. The van der Waals surface area contributed by atoms with Crippen molar-refractivity contribution < 1.29 is 4.79 Å². The summed E-state index contributed by atoms with van der Waals surface area (Å²) in [6.45, 7) is 3.93. The standard InChI is InChI=1S/C24H25Cl2N3OS/c25-20-7-6-18(21(26)15-20)14-22(27)24(30)29-10-8-28(9-11-29)16-17-3-1-4-19(13-17)23-5-2-12-31-23/h1-7,12-13,15,22H,8-11,14,16,27H2. The van der Waals surface area contributed by atoms with E-state index in [1.807, 2.05) is 11.0 Å². The molecule has 31 heavy (non-hydrogen) atoms. The normalized spacial score (nSPS) is 15.8. The van der Waals surface area contributed by atoms with E-state index in [4.69, 9.17) is 28.9 Å². The van der Waals surface area contributed by atoms with E-state index >= 15 is 0 Å². The average molecular weight is 474 g/mol. The number of nitrogens with two attached hydrogens (primary N) is 1. The van der Waals surface area contributed by atoms with Crippen LogP contribution in [0.15, 0.2) is 60.0 Å². The first kappa shape index (κ1) is 22.3. The van der Waals surface area contributed by atoms with E-state index in [-0.39, 0.29) is 5.91 Å². The molecule has 1 saturated heterocycles. The Morgan fingerprint density at radius 3 is 2.55 bits per heavy atom. The summed E-state index contributed by atoms with van der Waals surface area (Å²) in [7, 11) is 0. The van der Waals surface area contributed by atoms with Gasteiger partial charge >= 0.3 is 0 Å². The summed E-state index contributed by atoms with van der Waals surface area (Å²) in [5.41, 5.74) is 9.61. The van der Waals surface area contributed by atoms with Gasteiger partial charge in [-0.2, -0.15) is 0 Å². The summed E-state index contributed by atoms with van der Waals surface area (Å²) in [5.74, 6) is -0.0228. The van der Waals surface area contributed by atoms with Gasteiger partial charge in [0, 0.05) is 47.6 Å². The minimum absolute atomic E-state index is 0.0228. The van der Waals surface area contributed by atoms with Gasteiger partial charge in [-0.1, -0.05) is 53.5 Å². The SMILES string of the molecule is NC(Cc1ccc(Cl)cc1Cl)C(=O)N1CCN(Cc2cccc(-c3cccs3)c2)CC1. The zero-order valence-corrected chi connectivity index (χ0v) is 19.5. The Morgan fingerprint density at radius 1 is 1.03 bits per heavy atom. The summed E-state index contributed by atoms with van der Waals surface area (Å²) < 4.78 is 0. The minimum Gasteiger partial charge on any atom is -0.339 e. The molecule has 0 bridgehead atoms. The molecule has 1 unspecified atom stereocenters. The number of carbonyl (C=O) groups is 1. The van der Waals surface area contributed by atoms with Crippen LogP contribution in [0.25, 0.3) is 10.4 Å². The van der Waals surface area contributed by atoms with Crippen molar-refractivity contribution in [1.29, 1.82) is 0 Å². The fraction of sp³-hybridized carbons (Fsp3) is 0.292. The van der Waals surface area contributed by atoms with Crippen LogP contribution < -0.4 is 5.73 Å². The number of benzene rings is 2. The third kappa shape index (κ3) is 5.68. The Bertz CT molecular complexity index is 1030. The van der Waals surface area contributed by atoms with E-state index in [1.165, 1.54) is 16.0 Å². The third-order valence-electron chi connectivity index (χ3n) is 5.59. The Hall–Kier alpha value is -1.89. The zero-order chi connectivity index (χ0) is 21.8. The highest BCUT2D eigenvalue weighted by Crippen LogP contribution is 2.26. The highest BCUT2D eigenvalue weighted by Gasteiger charge is 2.26. The first-order valence-corrected chi connectivity index (χ1v) is 12.0. The van der Waals surface area contributed by atoms with Crippen molar-refractivity contribution in [1.82, 2.24) is 9.80 Å². The van der Waals surface area contributed by atoms with Gasteiger partial charge in [0.15, 0.2) is 0 Å². The smallest absolute Gasteiger partial charge is 0.239 e. The highest BCUT2D eigenvalue weighted by molar-refractivity contribution is 7.13. The van der Waals surface area contributed by atoms with Gasteiger partial charge in [0.25, 0.3) is 0 Å². The van der Waals surface area contributed by atoms with E-state index in [0.717, 1.165) is 25.2 Å². The molecule has 2 N–H and O–H groups in total. The maximum Gasteiger partial charge on any atom is 0.239 e. The Kier molecular flexibility index (Phi) is 7.31. The number of piperazine rings is 1. The summed E-state index contributed by atoms with van der Waals surface area (Å²) in [4.78, 5) is 18.4. The molecule has 1 amide bonds. The summed E-state index contributed by atoms with van der Waals surface area (Å²) in [5, 5.41) is 3.22. The van der Waals surface area contributed by atoms with Crippen LogP contribution in [0.5, 0.6) is 0 Å². The van der Waals surface area contributed by atoms with Gasteiger partial charge in [-0.15, -0.1) is 11.3 Å². The van der Waals surface area contributed by atoms with Crippen LogP contribution in [0.1, 0.15) is 11.1 Å². The first-order chi connectivity index (χ1) is 15.0. The molecule has 1 aliphatic rings. The van der Waals surface area contributed by atoms with Crippen LogP contribution >= 0.6 is 34.5 Å². The van der Waals surface area contributed by atoms with E-state index < -0.39 is 6.04 Å². The Morgan fingerprint density at radius 2 is 1.84 bits per heavy atom. The molecule has 0 aliphatic carbocycles. The molecule has 1 fully saturated rings. The number of hydrogen-bond donors (Lipinski definition) is 1. The molecule has 2 aromatic carbocycles. The van der Waals surface area contributed by atoms with Crippen LogP contribution in [-0.2, 0) is 17.8 Å². The molecular formula is C24H25Cl2N3OS. The molecular weight excluding hydrogens is 449 g/mol. The maximum atomic E-state index is 12.8. The molecule has 3 aromatic rings. The summed E-state index contributed by atoms with van der Waals surface area (Å²) in [6.07, 6.45) is 0.407. The quantitative estimate of drug-likeness (QED) is 0.551. The predicted molar refractivity (Wildman–Crippen MR) is 130 cm³/mol. The van der Waals surface area contributed by atoms with E-state index in [2.05, 4.69) is 46.7 Å². The van der Waals surface area contributed by atoms with Gasteiger partial charge in [0.1, 0.15) is 0 Å². The Labute approximate surface area is 197 Å². The van der Waals surface area contributed by atoms with Crippen molar-refractivity contribution in [2.75, 3.05) is 26.2 Å². The second kappa shape index (κ2) is 10.2. The second-order valence-electron chi connectivity index (χ2n) is 7.83. The molecule has 162 valence electrons. The molecule has 4 nitrogen and oxygen atoms in total. The first-order valence-electron chi connectivity index (χ1n) is 10.3. The number of halogens is 2. The second-order valence-corrected chi connectivity index (χ2v) is 9.62. The molecule has 2 heterocycles. The van der Waals surface area contributed by atoms with Gasteiger partial charge in [-0.3, -0.25) is 9.69 Å². The summed E-state index contributed by atoms with van der Waals surface area (Å²) in [6, 6.07) is 17.6. The van der Waals surface area contributed by atoms with Crippen LogP contribution in [0.3, 0.4) is 0 Å². The maximum absolute atomic E-state index is 12.8. The van der Waals surface area contributed by atoms with Gasteiger partial charge in [-0.25, -0.2) is 0 Å². The average Bonchev–Trinajstić information content (AvgIpc) is 3.31. The number of thiophene rings is 1. The number of hydrogen-bond acceptors (Lipinski definition) is 4. The van der Waals surface area contributed by atoms with Crippen molar-refractivity contribution >= 4 is 40.4 Å². The van der Waals surface area contributed by atoms with Crippen molar-refractivity contribution in [2.24, 2.45) is 5.73 Å². The van der Waals surface area contributed by atoms with Crippen molar-refractivity contribution in [3.05, 3.63) is 81.1 Å². The lowest BCUT2D eigenvalue weighted by Crippen LogP contribution is -2.53. The zero-order valence-electron chi connectivity index (χ0n) is 17.1. The number of amides is 1. The van der Waals surface area contributed by atoms with E-state index in [9.17, 15) is 4.79 Å². The molecule has 0 saturated carbocycles. The molecule has 0 radical (unpaired) electrons. The molecule has 1 atom stereocenters. The van der Waals surface area contributed by atoms with Crippen LogP contribution in [0.2, 0.25) is 10.0 Å². The van der Waals surface area contributed by atoms with Gasteiger partial charge in [0.05, 0.1) is 6.04 Å². The van der Waals surface area contributed by atoms with Crippen molar-refractivity contribution in [3.63, 3.8) is 0 Å². The van der Waals surface area contributed by atoms with E-state index in [1.54, 1.807) is 23.5 Å². The molecule has 4 rings (SSSR count). The van der Waals surface area contributed by atoms with Crippen LogP contribution in [-0.4, -0.2) is 47.9 Å². The lowest BCUT2D eigenvalue weighted by atomic mass is 10.0. The van der Waals surface area contributed by atoms with Gasteiger partial charge in [0.2, 0.25) is 5.91 Å². The highest BCUT2D eigenvalue weighted by atomic mass is 35.5. The van der Waals surface area contributed by atoms with Crippen LogP contribution in [0.4, 0.5) is 0 Å². The Balaban J connectivity index is 1.30. The van der Waals surface area contributed by atoms with Crippen molar-refractivity contribution in [3.8, 4) is 10.4 Å². The monoisotopic (exact) mass is 473 g/mol. The molecule has 0 spiro atoms. The van der Waals surface area contributed by atoms with Gasteiger partial charge < -0.3 is 10.6 Å². The minimum atomic E-state index is -0.604. The lowest BCUT2D eigenvalue weighted by molar-refractivity contribution is -0.134. The van der Waals surface area contributed by atoms with E-state index in [0.29, 0.717) is 29.6 Å². The fourth-order valence-electron chi connectivity index (χ4n) is 3.90. The third-order valence-corrected chi connectivity index (χ3v) is 7.10. The number of nitrogens with zero attached hydrogens (tertiary/aromatic N) is 2. The summed E-state index contributed by atoms with van der Waals surface area (Å²) >= 11 is 13.9. The predicted octanol–water partition coefficient (Wildman–Crippen LogP) is 4.94. The number of carbonyl (C=O) groups excluding carboxylic acids is 1. The fourth-order valence-corrected chi connectivity index (χ4v) is 5.11.